The molecular formula is C14H20O4. The summed E-state index contributed by atoms with van der Waals surface area (Å²) >= 11 is 0. The third-order valence-electron chi connectivity index (χ3n) is 2.83. The highest BCUT2D eigenvalue weighted by Crippen LogP contribution is 2.28. The summed E-state index contributed by atoms with van der Waals surface area (Å²) in [5.74, 6) is 1.53. The zero-order chi connectivity index (χ0) is 12.8. The van der Waals surface area contributed by atoms with Crippen molar-refractivity contribution in [2.45, 2.75) is 26.1 Å². The smallest absolute Gasteiger partial charge is 0.161 e. The maximum atomic E-state index is 5.70. The van der Waals surface area contributed by atoms with E-state index >= 15 is 0 Å². The number of hydrogen-bond donors (Lipinski definition) is 0. The van der Waals surface area contributed by atoms with E-state index in [1.807, 2.05) is 25.1 Å². The average molecular weight is 252 g/mol. The summed E-state index contributed by atoms with van der Waals surface area (Å²) in [7, 11) is 1.65. The first-order chi connectivity index (χ1) is 8.79. The fourth-order valence-corrected chi connectivity index (χ4v) is 1.86. The van der Waals surface area contributed by atoms with Crippen LogP contribution in [0.4, 0.5) is 0 Å². The molecule has 0 saturated carbocycles. The monoisotopic (exact) mass is 252 g/mol. The van der Waals surface area contributed by atoms with Gasteiger partial charge in [-0.15, -0.1) is 0 Å². The van der Waals surface area contributed by atoms with Gasteiger partial charge in [-0.2, -0.15) is 0 Å². The maximum absolute atomic E-state index is 5.70. The molecule has 1 aromatic carbocycles. The Morgan fingerprint density at radius 3 is 2.72 bits per heavy atom. The SMILES string of the molecule is COc1cc(C)ccc1OCCC1OCCCO1. The van der Waals surface area contributed by atoms with Crippen LogP contribution in [0.25, 0.3) is 0 Å². The molecule has 2 rings (SSSR count). The van der Waals surface area contributed by atoms with Crippen LogP contribution >= 0.6 is 0 Å². The first kappa shape index (κ1) is 13.2. The molecule has 1 saturated heterocycles. The zero-order valence-electron chi connectivity index (χ0n) is 11.0. The molecule has 0 aromatic heterocycles. The summed E-state index contributed by atoms with van der Waals surface area (Å²) in [5.41, 5.74) is 1.15. The standard InChI is InChI=1S/C14H20O4/c1-11-4-5-12(13(10-11)15-2)16-9-6-14-17-7-3-8-18-14/h4-5,10,14H,3,6-9H2,1-2H3. The van der Waals surface area contributed by atoms with Crippen LogP contribution in [0.1, 0.15) is 18.4 Å². The Hall–Kier alpha value is -1.26. The molecule has 4 heteroatoms. The highest BCUT2D eigenvalue weighted by molar-refractivity contribution is 5.42. The van der Waals surface area contributed by atoms with Crippen molar-refractivity contribution in [3.63, 3.8) is 0 Å². The Kier molecular flexibility index (Phi) is 4.84. The highest BCUT2D eigenvalue weighted by atomic mass is 16.7. The Morgan fingerprint density at radius 2 is 2.00 bits per heavy atom. The van der Waals surface area contributed by atoms with Gasteiger partial charge in [0.1, 0.15) is 0 Å². The largest absolute Gasteiger partial charge is 0.493 e. The minimum Gasteiger partial charge on any atom is -0.493 e. The van der Waals surface area contributed by atoms with Crippen LogP contribution in [0.15, 0.2) is 18.2 Å². The van der Waals surface area contributed by atoms with Gasteiger partial charge in [0.2, 0.25) is 0 Å². The predicted octanol–water partition coefficient (Wildman–Crippen LogP) is 2.54. The molecule has 0 radical (unpaired) electrons. The van der Waals surface area contributed by atoms with E-state index in [9.17, 15) is 0 Å². The Morgan fingerprint density at radius 1 is 1.22 bits per heavy atom. The van der Waals surface area contributed by atoms with Crippen molar-refractivity contribution in [2.24, 2.45) is 0 Å². The van der Waals surface area contributed by atoms with Crippen molar-refractivity contribution in [2.75, 3.05) is 26.9 Å². The second-order valence-electron chi connectivity index (χ2n) is 4.32. The van der Waals surface area contributed by atoms with Crippen molar-refractivity contribution in [1.82, 2.24) is 0 Å². The molecular weight excluding hydrogens is 232 g/mol. The molecule has 18 heavy (non-hydrogen) atoms. The molecule has 0 spiro atoms. The van der Waals surface area contributed by atoms with E-state index in [4.69, 9.17) is 18.9 Å². The lowest BCUT2D eigenvalue weighted by atomic mass is 10.2. The van der Waals surface area contributed by atoms with Gasteiger partial charge in [-0.3, -0.25) is 0 Å². The molecule has 1 heterocycles. The van der Waals surface area contributed by atoms with Crippen LogP contribution in [-0.4, -0.2) is 33.2 Å². The van der Waals surface area contributed by atoms with Gasteiger partial charge in [0.15, 0.2) is 17.8 Å². The first-order valence-electron chi connectivity index (χ1n) is 6.30. The topological polar surface area (TPSA) is 36.9 Å². The molecule has 4 nitrogen and oxygen atoms in total. The van der Waals surface area contributed by atoms with Crippen LogP contribution in [0.2, 0.25) is 0 Å². The van der Waals surface area contributed by atoms with E-state index in [-0.39, 0.29) is 6.29 Å². The molecule has 0 atom stereocenters. The van der Waals surface area contributed by atoms with Gasteiger partial charge in [0, 0.05) is 6.42 Å². The summed E-state index contributed by atoms with van der Waals surface area (Å²) in [6.45, 7) is 4.14. The van der Waals surface area contributed by atoms with Crippen molar-refractivity contribution in [3.05, 3.63) is 23.8 Å². The lowest BCUT2D eigenvalue weighted by Crippen LogP contribution is -2.26. The second-order valence-corrected chi connectivity index (χ2v) is 4.32. The number of aryl methyl sites for hydroxylation is 1. The fraction of sp³-hybridized carbons (Fsp3) is 0.571. The van der Waals surface area contributed by atoms with E-state index in [1.54, 1.807) is 7.11 Å². The first-order valence-corrected chi connectivity index (χ1v) is 6.30. The van der Waals surface area contributed by atoms with Gasteiger partial charge in [0.05, 0.1) is 26.9 Å². The molecule has 0 bridgehead atoms. The van der Waals surface area contributed by atoms with Gasteiger partial charge in [-0.25, -0.2) is 0 Å². The molecule has 1 fully saturated rings. The molecule has 0 unspecified atom stereocenters. The number of ether oxygens (including phenoxy) is 4. The van der Waals surface area contributed by atoms with Crippen LogP contribution in [0, 0.1) is 6.92 Å². The van der Waals surface area contributed by atoms with Gasteiger partial charge >= 0.3 is 0 Å². The third-order valence-corrected chi connectivity index (χ3v) is 2.83. The molecule has 0 N–H and O–H groups in total. The molecule has 1 aromatic rings. The minimum atomic E-state index is -0.129. The maximum Gasteiger partial charge on any atom is 0.161 e. The number of benzene rings is 1. The fourth-order valence-electron chi connectivity index (χ4n) is 1.86. The summed E-state index contributed by atoms with van der Waals surface area (Å²) in [6.07, 6.45) is 1.58. The molecule has 0 amide bonds. The number of rotatable bonds is 5. The van der Waals surface area contributed by atoms with Crippen LogP contribution < -0.4 is 9.47 Å². The van der Waals surface area contributed by atoms with Crippen LogP contribution in [-0.2, 0) is 9.47 Å². The predicted molar refractivity (Wildman–Crippen MR) is 68.2 cm³/mol. The normalized spacial score (nSPS) is 16.6. The summed E-state index contributed by atoms with van der Waals surface area (Å²) < 4.78 is 21.9. The lowest BCUT2D eigenvalue weighted by molar-refractivity contribution is -0.183. The number of methoxy groups -OCH3 is 1. The molecule has 100 valence electrons. The quantitative estimate of drug-likeness (QED) is 0.807. The zero-order valence-corrected chi connectivity index (χ0v) is 11.0. The van der Waals surface area contributed by atoms with Gasteiger partial charge in [0.25, 0.3) is 0 Å². The van der Waals surface area contributed by atoms with E-state index in [0.29, 0.717) is 6.61 Å². The molecule has 1 aliphatic rings. The van der Waals surface area contributed by atoms with Gasteiger partial charge in [-0.05, 0) is 31.0 Å². The van der Waals surface area contributed by atoms with Crippen LogP contribution in [0.5, 0.6) is 11.5 Å². The molecule has 1 aliphatic heterocycles. The highest BCUT2D eigenvalue weighted by Gasteiger charge is 2.14. The Labute approximate surface area is 108 Å². The summed E-state index contributed by atoms with van der Waals surface area (Å²) in [6, 6.07) is 5.89. The average Bonchev–Trinajstić information content (AvgIpc) is 2.41. The summed E-state index contributed by atoms with van der Waals surface area (Å²) in [4.78, 5) is 0. The van der Waals surface area contributed by atoms with Crippen molar-refractivity contribution in [1.29, 1.82) is 0 Å². The van der Waals surface area contributed by atoms with Crippen LogP contribution in [0.3, 0.4) is 0 Å². The number of hydrogen-bond acceptors (Lipinski definition) is 4. The van der Waals surface area contributed by atoms with Crippen molar-refractivity contribution >= 4 is 0 Å². The second kappa shape index (κ2) is 6.61. The van der Waals surface area contributed by atoms with E-state index in [2.05, 4.69) is 0 Å². The van der Waals surface area contributed by atoms with E-state index < -0.39 is 0 Å². The minimum absolute atomic E-state index is 0.129. The Balaban J connectivity index is 1.82. The van der Waals surface area contributed by atoms with Gasteiger partial charge < -0.3 is 18.9 Å². The third kappa shape index (κ3) is 3.62. The van der Waals surface area contributed by atoms with Crippen molar-refractivity contribution < 1.29 is 18.9 Å². The van der Waals surface area contributed by atoms with Gasteiger partial charge in [-0.1, -0.05) is 6.07 Å². The molecule has 0 aliphatic carbocycles. The summed E-state index contributed by atoms with van der Waals surface area (Å²) in [5, 5.41) is 0. The lowest BCUT2D eigenvalue weighted by Gasteiger charge is -2.23. The van der Waals surface area contributed by atoms with Crippen molar-refractivity contribution in [3.8, 4) is 11.5 Å². The van der Waals surface area contributed by atoms with E-state index in [0.717, 1.165) is 43.1 Å². The van der Waals surface area contributed by atoms with E-state index in [1.165, 1.54) is 0 Å². The Bertz CT molecular complexity index is 372.